The van der Waals surface area contributed by atoms with E-state index in [1.54, 1.807) is 0 Å². The lowest BCUT2D eigenvalue weighted by molar-refractivity contribution is 0.0438. The highest BCUT2D eigenvalue weighted by atomic mass is 15.2. The molecule has 2 aliphatic rings. The van der Waals surface area contributed by atoms with Gasteiger partial charge in [0.1, 0.15) is 0 Å². The zero-order chi connectivity index (χ0) is 14.0. The van der Waals surface area contributed by atoms with Crippen LogP contribution in [0.15, 0.2) is 0 Å². The van der Waals surface area contributed by atoms with Gasteiger partial charge in [0, 0.05) is 18.6 Å². The first-order valence-electron chi connectivity index (χ1n) is 8.11. The highest BCUT2D eigenvalue weighted by molar-refractivity contribution is 4.93. The van der Waals surface area contributed by atoms with Gasteiger partial charge in [-0.1, -0.05) is 13.8 Å². The van der Waals surface area contributed by atoms with Gasteiger partial charge in [0.15, 0.2) is 0 Å². The average molecular weight is 267 g/mol. The van der Waals surface area contributed by atoms with Gasteiger partial charge in [-0.15, -0.1) is 0 Å². The Morgan fingerprint density at radius 2 is 1.74 bits per heavy atom. The van der Waals surface area contributed by atoms with Crippen molar-refractivity contribution in [2.75, 3.05) is 33.7 Å². The minimum Gasteiger partial charge on any atom is -0.326 e. The van der Waals surface area contributed by atoms with E-state index in [2.05, 4.69) is 37.7 Å². The molecule has 3 heteroatoms. The maximum Gasteiger partial charge on any atom is 0.0272 e. The summed E-state index contributed by atoms with van der Waals surface area (Å²) in [6.07, 6.45) is 5.27. The van der Waals surface area contributed by atoms with Crippen molar-refractivity contribution in [2.24, 2.45) is 23.5 Å². The number of piperidine rings is 1. The van der Waals surface area contributed by atoms with Crippen LogP contribution >= 0.6 is 0 Å². The molecule has 1 heterocycles. The van der Waals surface area contributed by atoms with Crippen LogP contribution in [0.25, 0.3) is 0 Å². The molecule has 2 N–H and O–H groups in total. The van der Waals surface area contributed by atoms with Crippen LogP contribution in [0.2, 0.25) is 0 Å². The summed E-state index contributed by atoms with van der Waals surface area (Å²) < 4.78 is 0. The normalized spacial score (nSPS) is 38.8. The van der Waals surface area contributed by atoms with Gasteiger partial charge in [-0.2, -0.15) is 0 Å². The highest BCUT2D eigenvalue weighted by Crippen LogP contribution is 2.33. The van der Waals surface area contributed by atoms with Crippen molar-refractivity contribution in [3.8, 4) is 0 Å². The standard InChI is InChI=1S/C16H33N3/c1-12-9-13(2)16(15(17)10-12)19-7-5-14(6-8-19)11-18(3)4/h12-16H,5-11,17H2,1-4H3. The molecule has 1 saturated heterocycles. The molecule has 0 aromatic rings. The van der Waals surface area contributed by atoms with E-state index in [4.69, 9.17) is 5.73 Å². The van der Waals surface area contributed by atoms with E-state index < -0.39 is 0 Å². The van der Waals surface area contributed by atoms with Crippen molar-refractivity contribution in [1.82, 2.24) is 9.80 Å². The predicted molar refractivity (Wildman–Crippen MR) is 82.2 cm³/mol. The highest BCUT2D eigenvalue weighted by Gasteiger charge is 2.37. The van der Waals surface area contributed by atoms with Crippen LogP contribution in [0.1, 0.15) is 39.5 Å². The Morgan fingerprint density at radius 1 is 1.11 bits per heavy atom. The molecule has 1 aliphatic heterocycles. The Morgan fingerprint density at radius 3 is 2.26 bits per heavy atom. The van der Waals surface area contributed by atoms with Gasteiger partial charge < -0.3 is 10.6 Å². The lowest BCUT2D eigenvalue weighted by Gasteiger charge is -2.47. The fraction of sp³-hybridized carbons (Fsp3) is 1.00. The maximum absolute atomic E-state index is 6.46. The largest absolute Gasteiger partial charge is 0.326 e. The summed E-state index contributed by atoms with van der Waals surface area (Å²) in [7, 11) is 4.37. The molecule has 0 bridgehead atoms. The number of likely N-dealkylation sites (tertiary alicyclic amines) is 1. The fourth-order valence-electron chi connectivity index (χ4n) is 4.48. The van der Waals surface area contributed by atoms with Gasteiger partial charge in [0.2, 0.25) is 0 Å². The summed E-state index contributed by atoms with van der Waals surface area (Å²) in [5.74, 6) is 2.47. The van der Waals surface area contributed by atoms with E-state index in [1.165, 1.54) is 45.3 Å². The number of nitrogens with zero attached hydrogens (tertiary/aromatic N) is 2. The Bertz CT molecular complexity index is 259. The van der Waals surface area contributed by atoms with Crippen molar-refractivity contribution < 1.29 is 0 Å². The Hall–Kier alpha value is -0.120. The number of nitrogens with two attached hydrogens (primary N) is 1. The predicted octanol–water partition coefficient (Wildman–Crippen LogP) is 2.02. The Balaban J connectivity index is 1.86. The van der Waals surface area contributed by atoms with Gasteiger partial charge in [-0.25, -0.2) is 0 Å². The van der Waals surface area contributed by atoms with Crippen LogP contribution in [0, 0.1) is 17.8 Å². The zero-order valence-electron chi connectivity index (χ0n) is 13.3. The summed E-state index contributed by atoms with van der Waals surface area (Å²) in [5.41, 5.74) is 6.46. The van der Waals surface area contributed by atoms with Gasteiger partial charge in [0.05, 0.1) is 0 Å². The van der Waals surface area contributed by atoms with E-state index in [9.17, 15) is 0 Å². The molecule has 3 nitrogen and oxygen atoms in total. The van der Waals surface area contributed by atoms with Crippen molar-refractivity contribution >= 4 is 0 Å². The van der Waals surface area contributed by atoms with Crippen LogP contribution in [0.5, 0.6) is 0 Å². The second kappa shape index (κ2) is 6.55. The van der Waals surface area contributed by atoms with Crippen molar-refractivity contribution in [3.63, 3.8) is 0 Å². The molecule has 0 spiro atoms. The topological polar surface area (TPSA) is 32.5 Å². The van der Waals surface area contributed by atoms with Gasteiger partial charge in [0.25, 0.3) is 0 Å². The molecule has 4 atom stereocenters. The minimum absolute atomic E-state index is 0.393. The Labute approximate surface area is 119 Å². The molecule has 0 aromatic heterocycles. The molecule has 1 aliphatic carbocycles. The van der Waals surface area contributed by atoms with Gasteiger partial charge in [-0.05, 0) is 70.6 Å². The molecule has 2 rings (SSSR count). The number of hydrogen-bond donors (Lipinski definition) is 1. The molecule has 0 amide bonds. The van der Waals surface area contributed by atoms with Crippen LogP contribution in [0.4, 0.5) is 0 Å². The number of rotatable bonds is 3. The third-order valence-corrected chi connectivity index (χ3v) is 5.16. The summed E-state index contributed by atoms with van der Waals surface area (Å²) >= 11 is 0. The number of hydrogen-bond acceptors (Lipinski definition) is 3. The summed E-state index contributed by atoms with van der Waals surface area (Å²) in [6.45, 7) is 8.53. The maximum atomic E-state index is 6.46. The molecule has 1 saturated carbocycles. The molecule has 4 unspecified atom stereocenters. The van der Waals surface area contributed by atoms with E-state index in [1.807, 2.05) is 0 Å². The quantitative estimate of drug-likeness (QED) is 0.849. The summed E-state index contributed by atoms with van der Waals surface area (Å²) in [6, 6.07) is 1.03. The van der Waals surface area contributed by atoms with E-state index in [-0.39, 0.29) is 0 Å². The van der Waals surface area contributed by atoms with Crippen LogP contribution in [-0.2, 0) is 0 Å². The second-order valence-corrected chi connectivity index (χ2v) is 7.45. The third-order valence-electron chi connectivity index (χ3n) is 5.16. The molecule has 0 aromatic carbocycles. The first kappa shape index (κ1) is 15.3. The van der Waals surface area contributed by atoms with E-state index in [0.29, 0.717) is 12.1 Å². The molecule has 0 radical (unpaired) electrons. The smallest absolute Gasteiger partial charge is 0.0272 e. The molecule has 2 fully saturated rings. The SMILES string of the molecule is CC1CC(C)C(N2CCC(CN(C)C)CC2)C(N)C1. The van der Waals surface area contributed by atoms with Crippen molar-refractivity contribution in [3.05, 3.63) is 0 Å². The average Bonchev–Trinajstić information content (AvgIpc) is 2.29. The zero-order valence-corrected chi connectivity index (χ0v) is 13.3. The van der Waals surface area contributed by atoms with Crippen LogP contribution < -0.4 is 5.73 Å². The third kappa shape index (κ3) is 3.93. The van der Waals surface area contributed by atoms with Crippen LogP contribution in [0.3, 0.4) is 0 Å². The van der Waals surface area contributed by atoms with E-state index >= 15 is 0 Å². The summed E-state index contributed by atoms with van der Waals surface area (Å²) in [4.78, 5) is 5.03. The second-order valence-electron chi connectivity index (χ2n) is 7.45. The lowest BCUT2D eigenvalue weighted by Crippen LogP contribution is -2.56. The summed E-state index contributed by atoms with van der Waals surface area (Å²) in [5, 5.41) is 0. The van der Waals surface area contributed by atoms with Crippen molar-refractivity contribution in [1.29, 1.82) is 0 Å². The van der Waals surface area contributed by atoms with E-state index in [0.717, 1.165) is 17.8 Å². The minimum atomic E-state index is 0.393. The molecular formula is C16H33N3. The van der Waals surface area contributed by atoms with Gasteiger partial charge >= 0.3 is 0 Å². The first-order chi connectivity index (χ1) is 8.97. The lowest BCUT2D eigenvalue weighted by atomic mass is 9.75. The van der Waals surface area contributed by atoms with Gasteiger partial charge in [-0.3, -0.25) is 4.90 Å². The molecule has 19 heavy (non-hydrogen) atoms. The fourth-order valence-corrected chi connectivity index (χ4v) is 4.48. The van der Waals surface area contributed by atoms with Crippen molar-refractivity contribution in [2.45, 2.75) is 51.6 Å². The Kier molecular flexibility index (Phi) is 5.27. The monoisotopic (exact) mass is 267 g/mol. The first-order valence-corrected chi connectivity index (χ1v) is 8.11. The van der Waals surface area contributed by atoms with Crippen LogP contribution in [-0.4, -0.2) is 55.6 Å². The molecule has 112 valence electrons. The molecular weight excluding hydrogens is 234 g/mol.